The van der Waals surface area contributed by atoms with Crippen LogP contribution in [0.3, 0.4) is 0 Å². The summed E-state index contributed by atoms with van der Waals surface area (Å²) < 4.78 is 0. The molecule has 2 aliphatic rings. The van der Waals surface area contributed by atoms with Crippen LogP contribution in [-0.4, -0.2) is 45.6 Å². The average molecular weight is 476 g/mol. The van der Waals surface area contributed by atoms with Gasteiger partial charge in [0.1, 0.15) is 5.78 Å². The predicted molar refractivity (Wildman–Crippen MR) is 124 cm³/mol. The van der Waals surface area contributed by atoms with Crippen molar-refractivity contribution in [2.45, 2.75) is 56.7 Å². The minimum Gasteiger partial charge on any atom is -0.394 e. The number of hydrogen-bond acceptors (Lipinski definition) is 4. The summed E-state index contributed by atoms with van der Waals surface area (Å²) in [6, 6.07) is 14.0. The molecule has 170 valence electrons. The van der Waals surface area contributed by atoms with E-state index >= 15 is 0 Å². The molecule has 2 aromatic carbocycles. The van der Waals surface area contributed by atoms with Gasteiger partial charge in [0.25, 0.3) is 0 Å². The summed E-state index contributed by atoms with van der Waals surface area (Å²) in [4.78, 5) is 27.7. The molecule has 1 spiro atoms. The lowest BCUT2D eigenvalue weighted by atomic mass is 9.57. The second-order valence-electron chi connectivity index (χ2n) is 8.97. The Morgan fingerprint density at radius 2 is 1.75 bits per heavy atom. The van der Waals surface area contributed by atoms with Gasteiger partial charge >= 0.3 is 0 Å². The van der Waals surface area contributed by atoms with Crippen LogP contribution in [-0.2, 0) is 9.59 Å². The molecular weight excluding hydrogens is 449 g/mol. The molecule has 32 heavy (non-hydrogen) atoms. The van der Waals surface area contributed by atoms with Crippen molar-refractivity contribution in [1.29, 1.82) is 0 Å². The number of carbonyl (C=O) groups is 2. The molecule has 1 amide bonds. The van der Waals surface area contributed by atoms with Crippen LogP contribution < -0.4 is 0 Å². The smallest absolute Gasteiger partial charge is 0.230 e. The zero-order chi connectivity index (χ0) is 23.0. The van der Waals surface area contributed by atoms with Gasteiger partial charge in [0.2, 0.25) is 5.91 Å². The van der Waals surface area contributed by atoms with Crippen molar-refractivity contribution >= 4 is 34.9 Å². The number of carbonyl (C=O) groups excluding carboxylic acids is 2. The Morgan fingerprint density at radius 1 is 1.06 bits per heavy atom. The van der Waals surface area contributed by atoms with Crippen molar-refractivity contribution in [2.75, 3.05) is 6.61 Å². The highest BCUT2D eigenvalue weighted by molar-refractivity contribution is 6.30. The summed E-state index contributed by atoms with van der Waals surface area (Å²) in [5, 5.41) is 21.6. The maximum Gasteiger partial charge on any atom is 0.230 e. The lowest BCUT2D eigenvalue weighted by Crippen LogP contribution is -2.62. The quantitative estimate of drug-likeness (QED) is 0.642. The molecule has 4 atom stereocenters. The number of halogens is 2. The monoisotopic (exact) mass is 475 g/mol. The lowest BCUT2D eigenvalue weighted by molar-refractivity contribution is -0.171. The molecule has 2 aromatic rings. The van der Waals surface area contributed by atoms with Gasteiger partial charge in [-0.05, 0) is 48.2 Å². The Bertz CT molecular complexity index is 1000. The van der Waals surface area contributed by atoms with Crippen molar-refractivity contribution in [1.82, 2.24) is 4.90 Å². The van der Waals surface area contributed by atoms with Gasteiger partial charge in [-0.1, -0.05) is 54.4 Å². The van der Waals surface area contributed by atoms with Crippen molar-refractivity contribution < 1.29 is 19.8 Å². The molecule has 0 aromatic heterocycles. The number of likely N-dealkylation sites (tertiary alicyclic amines) is 1. The molecule has 7 heteroatoms. The first-order chi connectivity index (χ1) is 15.3. The normalized spacial score (nSPS) is 24.3. The van der Waals surface area contributed by atoms with E-state index in [1.807, 2.05) is 37.3 Å². The third-order valence-corrected chi connectivity index (χ3v) is 7.43. The topological polar surface area (TPSA) is 77.8 Å². The molecule has 1 saturated heterocycles. The van der Waals surface area contributed by atoms with E-state index in [0.717, 1.165) is 11.1 Å². The molecule has 1 aliphatic carbocycles. The van der Waals surface area contributed by atoms with Gasteiger partial charge in [0.15, 0.2) is 0 Å². The van der Waals surface area contributed by atoms with E-state index in [0.29, 0.717) is 22.9 Å². The van der Waals surface area contributed by atoms with Gasteiger partial charge in [-0.2, -0.15) is 0 Å². The van der Waals surface area contributed by atoms with Crippen molar-refractivity contribution in [3.63, 3.8) is 0 Å². The maximum absolute atomic E-state index is 13.9. The Balaban J connectivity index is 1.90. The molecule has 2 N–H and O–H groups in total. The van der Waals surface area contributed by atoms with Crippen LogP contribution in [0.25, 0.3) is 0 Å². The van der Waals surface area contributed by atoms with Crippen LogP contribution in [0.15, 0.2) is 48.5 Å². The van der Waals surface area contributed by atoms with Gasteiger partial charge in [-0.15, -0.1) is 0 Å². The van der Waals surface area contributed by atoms with Gasteiger partial charge in [-0.3, -0.25) is 9.59 Å². The van der Waals surface area contributed by atoms with Crippen molar-refractivity contribution in [3.05, 3.63) is 69.7 Å². The summed E-state index contributed by atoms with van der Waals surface area (Å²) in [6.45, 7) is 1.43. The third-order valence-electron chi connectivity index (χ3n) is 6.95. The zero-order valence-corrected chi connectivity index (χ0v) is 19.4. The number of nitrogens with zero attached hydrogens (tertiary/aromatic N) is 1. The highest BCUT2D eigenvalue weighted by Crippen LogP contribution is 2.57. The summed E-state index contributed by atoms with van der Waals surface area (Å²) in [5.41, 5.74) is 1.08. The van der Waals surface area contributed by atoms with E-state index in [1.165, 1.54) is 0 Å². The number of aliphatic hydroxyl groups excluding tert-OH is 2. The van der Waals surface area contributed by atoms with Crippen LogP contribution in [0.5, 0.6) is 0 Å². The first-order valence-corrected chi connectivity index (χ1v) is 11.7. The first kappa shape index (κ1) is 23.2. The van der Waals surface area contributed by atoms with Crippen LogP contribution >= 0.6 is 23.2 Å². The molecule has 1 aliphatic heterocycles. The van der Waals surface area contributed by atoms with E-state index in [1.54, 1.807) is 23.1 Å². The molecule has 0 unspecified atom stereocenters. The van der Waals surface area contributed by atoms with Gasteiger partial charge in [0.05, 0.1) is 30.2 Å². The largest absolute Gasteiger partial charge is 0.394 e. The molecular formula is C25H27Cl2NO4. The number of hydrogen-bond donors (Lipinski definition) is 2. The van der Waals surface area contributed by atoms with E-state index in [4.69, 9.17) is 23.2 Å². The number of aliphatic hydroxyl groups is 2. The number of Topliss-reactive ketones (excluding diaryl/α,β-unsaturated/α-hetero) is 1. The van der Waals surface area contributed by atoms with Gasteiger partial charge in [0, 0.05) is 28.8 Å². The van der Waals surface area contributed by atoms with Crippen molar-refractivity contribution in [2.24, 2.45) is 5.41 Å². The predicted octanol–water partition coefficient (Wildman–Crippen LogP) is 4.53. The van der Waals surface area contributed by atoms with E-state index in [-0.39, 0.29) is 30.4 Å². The summed E-state index contributed by atoms with van der Waals surface area (Å²) >= 11 is 12.5. The zero-order valence-electron chi connectivity index (χ0n) is 17.9. The highest BCUT2D eigenvalue weighted by atomic mass is 35.5. The summed E-state index contributed by atoms with van der Waals surface area (Å²) in [6.07, 6.45) is 0.304. The van der Waals surface area contributed by atoms with Crippen molar-refractivity contribution in [3.8, 4) is 0 Å². The fraction of sp³-hybridized carbons (Fsp3) is 0.440. The van der Waals surface area contributed by atoms with Crippen LogP contribution in [0.2, 0.25) is 10.0 Å². The highest BCUT2D eigenvalue weighted by Gasteiger charge is 2.59. The molecule has 0 bridgehead atoms. The standard InChI is InChI=1S/C25H27Cl2NO4/c1-2-21(22(31)14-29)28-23(15-6-8-17(26)9-7-15)20(16-4-3-5-18(27)10-16)13-25(24(28)32)11-19(30)12-25/h3-10,20-23,29,31H,2,11-14H2,1H3/t20-,21+,22-,23-/m1/s1. The minimum absolute atomic E-state index is 0.0730. The van der Waals surface area contributed by atoms with Gasteiger partial charge < -0.3 is 15.1 Å². The van der Waals surface area contributed by atoms with Gasteiger partial charge in [-0.25, -0.2) is 0 Å². The Kier molecular flexibility index (Phi) is 6.64. The maximum atomic E-state index is 13.9. The Hall–Kier alpha value is -1.92. The molecule has 0 radical (unpaired) electrons. The van der Waals surface area contributed by atoms with E-state index < -0.39 is 30.2 Å². The van der Waals surface area contributed by atoms with Crippen LogP contribution in [0.4, 0.5) is 0 Å². The lowest BCUT2D eigenvalue weighted by Gasteiger charge is -2.56. The molecule has 2 fully saturated rings. The van der Waals surface area contributed by atoms with Crippen LogP contribution in [0.1, 0.15) is 55.7 Å². The SMILES string of the molecule is CC[C@@H]([C@H](O)CO)N1C(=O)C2(CC(=O)C2)C[C@H](c2cccc(Cl)c2)[C@H]1c1ccc(Cl)cc1. The van der Waals surface area contributed by atoms with Crippen LogP contribution in [0, 0.1) is 5.41 Å². The second-order valence-corrected chi connectivity index (χ2v) is 9.85. The third kappa shape index (κ3) is 4.08. The Labute approximate surface area is 197 Å². The number of amides is 1. The molecule has 1 heterocycles. The number of ketones is 1. The summed E-state index contributed by atoms with van der Waals surface area (Å²) in [7, 11) is 0. The first-order valence-electron chi connectivity index (χ1n) is 10.9. The fourth-order valence-corrected chi connectivity index (χ4v) is 5.76. The minimum atomic E-state index is -1.09. The molecule has 5 nitrogen and oxygen atoms in total. The van der Waals surface area contributed by atoms with E-state index in [9.17, 15) is 19.8 Å². The number of piperidine rings is 1. The second kappa shape index (κ2) is 9.14. The van der Waals surface area contributed by atoms with E-state index in [2.05, 4.69) is 0 Å². The fourth-order valence-electron chi connectivity index (χ4n) is 5.44. The molecule has 1 saturated carbocycles. The number of rotatable bonds is 6. The summed E-state index contributed by atoms with van der Waals surface area (Å²) in [5.74, 6) is -0.195. The average Bonchev–Trinajstić information content (AvgIpc) is 2.76. The number of benzene rings is 2. The molecule has 4 rings (SSSR count). The Morgan fingerprint density at radius 3 is 2.31 bits per heavy atom.